The third-order valence-corrected chi connectivity index (χ3v) is 5.50. The molecule has 0 aromatic rings. The van der Waals surface area contributed by atoms with Crippen LogP contribution in [0.3, 0.4) is 0 Å². The highest BCUT2D eigenvalue weighted by Gasteiger charge is 2.21. The second-order valence-electron chi connectivity index (χ2n) is 8.22. The Morgan fingerprint density at radius 1 is 0.786 bits per heavy atom. The minimum atomic E-state index is -0.736. The molecule has 0 aliphatic carbocycles. The molecule has 28 heavy (non-hydrogen) atoms. The Balaban J connectivity index is 3.58. The Hall–Kier alpha value is -0.650. The van der Waals surface area contributed by atoms with Gasteiger partial charge in [-0.3, -0.25) is 4.79 Å². The van der Waals surface area contributed by atoms with Crippen molar-refractivity contribution in [2.45, 2.75) is 135 Å². The van der Waals surface area contributed by atoms with Crippen molar-refractivity contribution in [1.29, 1.82) is 0 Å². The molecule has 5 nitrogen and oxygen atoms in total. The normalized spacial score (nSPS) is 14.6. The van der Waals surface area contributed by atoms with Crippen molar-refractivity contribution >= 4 is 5.91 Å². The highest BCUT2D eigenvalue weighted by atomic mass is 16.3. The Morgan fingerprint density at radius 2 is 1.25 bits per heavy atom. The average molecular weight is 402 g/mol. The van der Waals surface area contributed by atoms with E-state index in [-0.39, 0.29) is 18.9 Å². The quantitative estimate of drug-likeness (QED) is 0.227. The van der Waals surface area contributed by atoms with Gasteiger partial charge in [0.05, 0.1) is 31.3 Å². The summed E-state index contributed by atoms with van der Waals surface area (Å²) in [4.78, 5) is 11.8. The Kier molecular flexibility index (Phi) is 19.2. The molecular weight excluding hydrogens is 354 g/mol. The molecule has 3 atom stereocenters. The molecule has 168 valence electrons. The van der Waals surface area contributed by atoms with Gasteiger partial charge < -0.3 is 20.6 Å². The van der Waals surface area contributed by atoms with E-state index < -0.39 is 18.2 Å². The van der Waals surface area contributed by atoms with Crippen LogP contribution in [0.4, 0.5) is 0 Å². The van der Waals surface area contributed by atoms with E-state index in [9.17, 15) is 20.1 Å². The van der Waals surface area contributed by atoms with Crippen LogP contribution >= 0.6 is 0 Å². The molecule has 0 saturated heterocycles. The molecule has 5 heteroatoms. The van der Waals surface area contributed by atoms with E-state index in [1.165, 1.54) is 70.6 Å². The van der Waals surface area contributed by atoms with Crippen LogP contribution in [-0.4, -0.2) is 46.1 Å². The van der Waals surface area contributed by atoms with Crippen molar-refractivity contribution in [1.82, 2.24) is 5.32 Å². The second kappa shape index (κ2) is 19.7. The van der Waals surface area contributed by atoms with Crippen LogP contribution < -0.4 is 5.32 Å². The number of carbonyl (C=O) groups is 1. The van der Waals surface area contributed by atoms with Gasteiger partial charge in [0.2, 0.25) is 5.91 Å². The molecule has 0 aromatic carbocycles. The number of amides is 1. The highest BCUT2D eigenvalue weighted by Crippen LogP contribution is 2.14. The lowest BCUT2D eigenvalue weighted by atomic mass is 10.0. The van der Waals surface area contributed by atoms with Crippen molar-refractivity contribution in [2.75, 3.05) is 6.61 Å². The maximum Gasteiger partial charge on any atom is 0.222 e. The minimum Gasteiger partial charge on any atom is -0.394 e. The standard InChI is InChI=1S/C23H47NO4/c1-3-5-6-7-8-9-10-11-12-13-14-15-16-17-22(27)21(19-25)24-23(28)18-20(26)4-2/h20-22,25-27H,3-19H2,1-2H3,(H,24,28)/t20-,21-,22+/m0/s1. The van der Waals surface area contributed by atoms with E-state index >= 15 is 0 Å². The monoisotopic (exact) mass is 401 g/mol. The number of unbranched alkanes of at least 4 members (excludes halogenated alkanes) is 12. The fourth-order valence-corrected chi connectivity index (χ4v) is 3.46. The van der Waals surface area contributed by atoms with Gasteiger partial charge in [0, 0.05) is 0 Å². The summed E-state index contributed by atoms with van der Waals surface area (Å²) in [6, 6.07) is -0.645. The second-order valence-corrected chi connectivity index (χ2v) is 8.22. The van der Waals surface area contributed by atoms with Crippen LogP contribution in [0.25, 0.3) is 0 Å². The number of rotatable bonds is 20. The Labute approximate surface area is 173 Å². The third-order valence-electron chi connectivity index (χ3n) is 5.50. The predicted molar refractivity (Wildman–Crippen MR) is 116 cm³/mol. The zero-order valence-electron chi connectivity index (χ0n) is 18.5. The summed E-state index contributed by atoms with van der Waals surface area (Å²) < 4.78 is 0. The van der Waals surface area contributed by atoms with Gasteiger partial charge in [-0.05, 0) is 12.8 Å². The molecule has 0 rings (SSSR count). The third kappa shape index (κ3) is 16.3. The summed E-state index contributed by atoms with van der Waals surface area (Å²) in [5, 5.41) is 31.7. The fraction of sp³-hybridized carbons (Fsp3) is 0.957. The zero-order chi connectivity index (χ0) is 21.0. The van der Waals surface area contributed by atoms with E-state index in [0.29, 0.717) is 12.8 Å². The molecule has 0 radical (unpaired) electrons. The van der Waals surface area contributed by atoms with Gasteiger partial charge in [-0.2, -0.15) is 0 Å². The molecule has 4 N–H and O–H groups in total. The van der Waals surface area contributed by atoms with Crippen molar-refractivity contribution in [3.8, 4) is 0 Å². The number of hydrogen-bond acceptors (Lipinski definition) is 4. The Morgan fingerprint density at radius 3 is 1.68 bits per heavy atom. The van der Waals surface area contributed by atoms with Crippen LogP contribution in [0.2, 0.25) is 0 Å². The molecule has 0 fully saturated rings. The summed E-state index contributed by atoms with van der Waals surface area (Å²) in [6.45, 7) is 3.78. The molecule has 0 aliphatic heterocycles. The van der Waals surface area contributed by atoms with Gasteiger partial charge in [-0.25, -0.2) is 0 Å². The lowest BCUT2D eigenvalue weighted by molar-refractivity contribution is -0.125. The summed E-state index contributed by atoms with van der Waals surface area (Å²) in [5.74, 6) is -0.321. The molecular formula is C23H47NO4. The predicted octanol–water partition coefficient (Wildman–Crippen LogP) is 4.47. The highest BCUT2D eigenvalue weighted by molar-refractivity contribution is 5.76. The summed E-state index contributed by atoms with van der Waals surface area (Å²) in [6.07, 6.45) is 16.3. The number of aliphatic hydroxyl groups excluding tert-OH is 3. The Bertz CT molecular complexity index is 351. The smallest absolute Gasteiger partial charge is 0.222 e. The van der Waals surface area contributed by atoms with Crippen molar-refractivity contribution in [2.24, 2.45) is 0 Å². The molecule has 0 bridgehead atoms. The van der Waals surface area contributed by atoms with Gasteiger partial charge in [0.15, 0.2) is 0 Å². The molecule has 0 aromatic heterocycles. The van der Waals surface area contributed by atoms with E-state index in [1.54, 1.807) is 0 Å². The van der Waals surface area contributed by atoms with Gasteiger partial charge in [0.1, 0.15) is 0 Å². The van der Waals surface area contributed by atoms with Gasteiger partial charge in [-0.15, -0.1) is 0 Å². The van der Waals surface area contributed by atoms with E-state index in [2.05, 4.69) is 12.2 Å². The van der Waals surface area contributed by atoms with E-state index in [0.717, 1.165) is 12.8 Å². The van der Waals surface area contributed by atoms with Crippen molar-refractivity contribution in [3.05, 3.63) is 0 Å². The summed E-state index contributed by atoms with van der Waals surface area (Å²) in [5.41, 5.74) is 0. The van der Waals surface area contributed by atoms with Crippen LogP contribution in [0.15, 0.2) is 0 Å². The first-order chi connectivity index (χ1) is 13.5. The maximum absolute atomic E-state index is 11.8. The first kappa shape index (κ1) is 27.4. The first-order valence-electron chi connectivity index (χ1n) is 11.8. The number of hydrogen-bond donors (Lipinski definition) is 4. The van der Waals surface area contributed by atoms with Crippen molar-refractivity contribution < 1.29 is 20.1 Å². The van der Waals surface area contributed by atoms with Crippen LogP contribution in [0.1, 0.15) is 117 Å². The molecule has 0 saturated carbocycles. The van der Waals surface area contributed by atoms with Gasteiger partial charge in [-0.1, -0.05) is 97.3 Å². The van der Waals surface area contributed by atoms with Gasteiger partial charge in [0.25, 0.3) is 0 Å². The van der Waals surface area contributed by atoms with Crippen LogP contribution in [0, 0.1) is 0 Å². The fourth-order valence-electron chi connectivity index (χ4n) is 3.46. The van der Waals surface area contributed by atoms with Gasteiger partial charge >= 0.3 is 0 Å². The largest absolute Gasteiger partial charge is 0.394 e. The maximum atomic E-state index is 11.8. The molecule has 0 spiro atoms. The first-order valence-corrected chi connectivity index (χ1v) is 11.8. The molecule has 0 heterocycles. The average Bonchev–Trinajstić information content (AvgIpc) is 2.69. The lowest BCUT2D eigenvalue weighted by Crippen LogP contribution is -2.46. The SMILES string of the molecule is CCCCCCCCCCCCCCC[C@@H](O)[C@H](CO)NC(=O)C[C@@H](O)CC. The van der Waals surface area contributed by atoms with Crippen molar-refractivity contribution in [3.63, 3.8) is 0 Å². The summed E-state index contributed by atoms with van der Waals surface area (Å²) >= 11 is 0. The number of aliphatic hydroxyl groups is 3. The van der Waals surface area contributed by atoms with E-state index in [4.69, 9.17) is 0 Å². The zero-order valence-corrected chi connectivity index (χ0v) is 18.5. The molecule has 1 amide bonds. The molecule has 0 aliphatic rings. The topological polar surface area (TPSA) is 89.8 Å². The molecule has 0 unspecified atom stereocenters. The van der Waals surface area contributed by atoms with Crippen LogP contribution in [0.5, 0.6) is 0 Å². The van der Waals surface area contributed by atoms with Crippen LogP contribution in [-0.2, 0) is 4.79 Å². The number of carbonyl (C=O) groups excluding carboxylic acids is 1. The minimum absolute atomic E-state index is 0.0124. The summed E-state index contributed by atoms with van der Waals surface area (Å²) in [7, 11) is 0. The number of nitrogens with one attached hydrogen (secondary N) is 1. The lowest BCUT2D eigenvalue weighted by Gasteiger charge is -2.22. The van der Waals surface area contributed by atoms with E-state index in [1.807, 2.05) is 6.92 Å².